The minimum Gasteiger partial charge on any atom is -0.493 e. The summed E-state index contributed by atoms with van der Waals surface area (Å²) >= 11 is 0. The third-order valence-corrected chi connectivity index (χ3v) is 4.06. The molecule has 146 valence electrons. The molecule has 2 rings (SSSR count). The number of amides is 1. The Morgan fingerprint density at radius 2 is 1.85 bits per heavy atom. The maximum Gasteiger partial charge on any atom is 0.259 e. The first kappa shape index (κ1) is 20.5. The number of ether oxygens (including phenoxy) is 4. The van der Waals surface area contributed by atoms with E-state index in [2.05, 4.69) is 4.98 Å². The lowest BCUT2D eigenvalue weighted by Crippen LogP contribution is -2.29. The van der Waals surface area contributed by atoms with Gasteiger partial charge in [0.15, 0.2) is 11.5 Å². The number of hydrogen-bond acceptors (Lipinski definition) is 6. The number of hydrogen-bond donors (Lipinski definition) is 0. The molecule has 0 bridgehead atoms. The fourth-order valence-corrected chi connectivity index (χ4v) is 2.53. The molecule has 0 N–H and O–H groups in total. The number of methoxy groups -OCH3 is 3. The molecule has 0 saturated heterocycles. The van der Waals surface area contributed by atoms with Gasteiger partial charge in [-0.2, -0.15) is 0 Å². The van der Waals surface area contributed by atoms with Crippen LogP contribution in [0, 0.1) is 0 Å². The molecule has 7 heteroatoms. The second-order valence-corrected chi connectivity index (χ2v) is 5.86. The molecule has 2 aromatic rings. The molecule has 1 amide bonds. The highest BCUT2D eigenvalue weighted by molar-refractivity contribution is 5.96. The molecule has 0 aliphatic heterocycles. The zero-order valence-corrected chi connectivity index (χ0v) is 16.2. The molecule has 0 atom stereocenters. The van der Waals surface area contributed by atoms with Crippen LogP contribution in [-0.2, 0) is 11.2 Å². The van der Waals surface area contributed by atoms with Crippen molar-refractivity contribution in [3.63, 3.8) is 0 Å². The van der Waals surface area contributed by atoms with Crippen LogP contribution in [0.3, 0.4) is 0 Å². The smallest absolute Gasteiger partial charge is 0.259 e. The van der Waals surface area contributed by atoms with Crippen molar-refractivity contribution in [3.05, 3.63) is 47.7 Å². The third kappa shape index (κ3) is 5.59. The molecular weight excluding hydrogens is 348 g/mol. The van der Waals surface area contributed by atoms with Gasteiger partial charge in [-0.15, -0.1) is 0 Å². The fourth-order valence-electron chi connectivity index (χ4n) is 2.53. The zero-order chi connectivity index (χ0) is 19.6. The van der Waals surface area contributed by atoms with Crippen LogP contribution in [-0.4, -0.2) is 63.9 Å². The first-order chi connectivity index (χ1) is 13.1. The number of nitrogens with zero attached hydrogens (tertiary/aromatic N) is 2. The minimum absolute atomic E-state index is 0.143. The summed E-state index contributed by atoms with van der Waals surface area (Å²) in [7, 11) is 6.56. The second kappa shape index (κ2) is 10.4. The summed E-state index contributed by atoms with van der Waals surface area (Å²) in [6.45, 7) is 1.31. The molecule has 0 aliphatic rings. The van der Waals surface area contributed by atoms with Gasteiger partial charge in [0.25, 0.3) is 5.91 Å². The molecule has 0 spiro atoms. The van der Waals surface area contributed by atoms with Crippen LogP contribution < -0.4 is 14.2 Å². The zero-order valence-electron chi connectivity index (χ0n) is 16.2. The van der Waals surface area contributed by atoms with Gasteiger partial charge in [-0.1, -0.05) is 6.07 Å². The molecule has 0 radical (unpaired) electrons. The maximum absolute atomic E-state index is 12.8. The summed E-state index contributed by atoms with van der Waals surface area (Å²) in [5.74, 6) is 1.53. The Morgan fingerprint density at radius 1 is 1.07 bits per heavy atom. The Kier molecular flexibility index (Phi) is 7.88. The first-order valence-corrected chi connectivity index (χ1v) is 8.63. The largest absolute Gasteiger partial charge is 0.493 e. The van der Waals surface area contributed by atoms with E-state index >= 15 is 0 Å². The highest BCUT2D eigenvalue weighted by atomic mass is 16.5. The summed E-state index contributed by atoms with van der Waals surface area (Å²) < 4.78 is 21.1. The van der Waals surface area contributed by atoms with Gasteiger partial charge in [0, 0.05) is 26.9 Å². The minimum atomic E-state index is -0.143. The molecule has 0 aliphatic carbocycles. The highest BCUT2D eigenvalue weighted by Gasteiger charge is 2.18. The summed E-state index contributed by atoms with van der Waals surface area (Å²) in [5.41, 5.74) is 1.48. The number of rotatable bonds is 10. The van der Waals surface area contributed by atoms with Crippen molar-refractivity contribution in [2.45, 2.75) is 6.42 Å². The van der Waals surface area contributed by atoms with Crippen molar-refractivity contribution in [1.29, 1.82) is 0 Å². The van der Waals surface area contributed by atoms with E-state index in [1.807, 2.05) is 18.2 Å². The average molecular weight is 374 g/mol. The molecule has 7 nitrogen and oxygen atoms in total. The molecule has 0 fully saturated rings. The van der Waals surface area contributed by atoms with Crippen molar-refractivity contribution in [1.82, 2.24) is 9.88 Å². The highest BCUT2D eigenvalue weighted by Crippen LogP contribution is 2.27. The van der Waals surface area contributed by atoms with Crippen LogP contribution >= 0.6 is 0 Å². The SMILES string of the molecule is COCCOc1ncccc1C(=O)N(C)CCc1ccc(OC)c(OC)c1. The van der Waals surface area contributed by atoms with Gasteiger partial charge in [0.1, 0.15) is 12.2 Å². The van der Waals surface area contributed by atoms with E-state index < -0.39 is 0 Å². The predicted molar refractivity (Wildman–Crippen MR) is 102 cm³/mol. The Bertz CT molecular complexity index is 751. The van der Waals surface area contributed by atoms with Crippen LogP contribution in [0.1, 0.15) is 15.9 Å². The van der Waals surface area contributed by atoms with Gasteiger partial charge in [-0.25, -0.2) is 4.98 Å². The lowest BCUT2D eigenvalue weighted by atomic mass is 10.1. The standard InChI is InChI=1S/C20H26N2O5/c1-22(11-9-15-7-8-17(25-3)18(14-15)26-4)20(23)16-6-5-10-21-19(16)27-13-12-24-2/h5-8,10,14H,9,11-13H2,1-4H3. The summed E-state index contributed by atoms with van der Waals surface area (Å²) in [6.07, 6.45) is 2.28. The number of carbonyl (C=O) groups is 1. The van der Waals surface area contributed by atoms with E-state index in [0.29, 0.717) is 49.1 Å². The normalized spacial score (nSPS) is 10.4. The lowest BCUT2D eigenvalue weighted by molar-refractivity contribution is 0.0787. The first-order valence-electron chi connectivity index (χ1n) is 8.63. The lowest BCUT2D eigenvalue weighted by Gasteiger charge is -2.19. The van der Waals surface area contributed by atoms with E-state index in [1.165, 1.54) is 0 Å². The van der Waals surface area contributed by atoms with Crippen molar-refractivity contribution >= 4 is 5.91 Å². The molecule has 0 unspecified atom stereocenters. The molecule has 27 heavy (non-hydrogen) atoms. The van der Waals surface area contributed by atoms with Gasteiger partial charge in [0.2, 0.25) is 5.88 Å². The van der Waals surface area contributed by atoms with Crippen LogP contribution in [0.2, 0.25) is 0 Å². The van der Waals surface area contributed by atoms with Gasteiger partial charge in [-0.3, -0.25) is 4.79 Å². The third-order valence-electron chi connectivity index (χ3n) is 4.06. The Labute approximate surface area is 159 Å². The summed E-state index contributed by atoms with van der Waals surface area (Å²) in [5, 5.41) is 0. The number of aromatic nitrogens is 1. The van der Waals surface area contributed by atoms with Crippen LogP contribution in [0.25, 0.3) is 0 Å². The molecule has 1 heterocycles. The molecular formula is C20H26N2O5. The van der Waals surface area contributed by atoms with Crippen LogP contribution in [0.5, 0.6) is 17.4 Å². The Morgan fingerprint density at radius 3 is 2.56 bits per heavy atom. The van der Waals surface area contributed by atoms with Crippen molar-refractivity contribution in [2.75, 3.05) is 48.1 Å². The number of likely N-dealkylation sites (N-methyl/N-ethyl adjacent to an activating group) is 1. The number of carbonyl (C=O) groups excluding carboxylic acids is 1. The second-order valence-electron chi connectivity index (χ2n) is 5.86. The van der Waals surface area contributed by atoms with Crippen molar-refractivity contribution in [3.8, 4) is 17.4 Å². The Balaban J connectivity index is 2.02. The average Bonchev–Trinajstić information content (AvgIpc) is 2.71. The number of pyridine rings is 1. The summed E-state index contributed by atoms with van der Waals surface area (Å²) in [4.78, 5) is 18.6. The number of benzene rings is 1. The van der Waals surface area contributed by atoms with E-state index in [0.717, 1.165) is 5.56 Å². The summed E-state index contributed by atoms with van der Waals surface area (Å²) in [6, 6.07) is 9.17. The Hall–Kier alpha value is -2.80. The van der Waals surface area contributed by atoms with Crippen molar-refractivity contribution in [2.24, 2.45) is 0 Å². The molecule has 1 aromatic heterocycles. The van der Waals surface area contributed by atoms with Gasteiger partial charge in [0.05, 0.1) is 20.8 Å². The fraction of sp³-hybridized carbons (Fsp3) is 0.400. The quantitative estimate of drug-likeness (QED) is 0.595. The van der Waals surface area contributed by atoms with Crippen molar-refractivity contribution < 1.29 is 23.7 Å². The van der Waals surface area contributed by atoms with E-state index in [4.69, 9.17) is 18.9 Å². The van der Waals surface area contributed by atoms with E-state index in [1.54, 1.807) is 51.6 Å². The monoisotopic (exact) mass is 374 g/mol. The van der Waals surface area contributed by atoms with Gasteiger partial charge >= 0.3 is 0 Å². The maximum atomic E-state index is 12.8. The van der Waals surface area contributed by atoms with Crippen LogP contribution in [0.4, 0.5) is 0 Å². The van der Waals surface area contributed by atoms with Gasteiger partial charge in [-0.05, 0) is 36.2 Å². The van der Waals surface area contributed by atoms with Gasteiger partial charge < -0.3 is 23.8 Å². The molecule has 1 aromatic carbocycles. The van der Waals surface area contributed by atoms with Crippen LogP contribution in [0.15, 0.2) is 36.5 Å². The topological polar surface area (TPSA) is 70.1 Å². The van der Waals surface area contributed by atoms with E-state index in [9.17, 15) is 4.79 Å². The predicted octanol–water partition coefficient (Wildman–Crippen LogP) is 2.44. The van der Waals surface area contributed by atoms with E-state index in [-0.39, 0.29) is 5.91 Å². The molecule has 0 saturated carbocycles.